The SMILES string of the molecule is C=C(C)COc1cc([C@@H]2CC(=O)Oc3cc(O)c4c(=O)c(O)c(-c5ccc(O)c(O)c5)oc4c32)ccc1OC. The molecule has 39 heavy (non-hydrogen) atoms. The molecule has 0 amide bonds. The Morgan fingerprint density at radius 1 is 1.00 bits per heavy atom. The maximum absolute atomic E-state index is 13.2. The van der Waals surface area contributed by atoms with Crippen LogP contribution in [0.15, 0.2) is 63.8 Å². The second-order valence-electron chi connectivity index (χ2n) is 9.21. The van der Waals surface area contributed by atoms with Crippen LogP contribution in [0.3, 0.4) is 0 Å². The molecule has 1 aliphatic heterocycles. The van der Waals surface area contributed by atoms with Gasteiger partial charge < -0.3 is 39.1 Å². The monoisotopic (exact) mass is 532 g/mol. The van der Waals surface area contributed by atoms with E-state index in [2.05, 4.69) is 6.58 Å². The fraction of sp³-hybridized carbons (Fsp3) is 0.172. The van der Waals surface area contributed by atoms with E-state index in [1.165, 1.54) is 19.2 Å². The highest BCUT2D eigenvalue weighted by molar-refractivity contribution is 5.94. The molecular weight excluding hydrogens is 508 g/mol. The second-order valence-corrected chi connectivity index (χ2v) is 9.21. The molecule has 200 valence electrons. The number of esters is 1. The summed E-state index contributed by atoms with van der Waals surface area (Å²) < 4.78 is 22.7. The third kappa shape index (κ3) is 4.46. The third-order valence-corrected chi connectivity index (χ3v) is 6.37. The number of benzene rings is 3. The van der Waals surface area contributed by atoms with Crippen molar-refractivity contribution in [1.29, 1.82) is 0 Å². The Balaban J connectivity index is 1.77. The Labute approximate surface area is 221 Å². The quantitative estimate of drug-likeness (QED) is 0.119. The fourth-order valence-electron chi connectivity index (χ4n) is 4.55. The standard InChI is InChI=1S/C29H24O10/c1-13(2)12-37-21-9-14(5-7-20(21)36-3)16-10-23(33)38-22-11-19(32)25-26(34)27(35)28(39-29(25)24(16)22)15-4-6-17(30)18(31)8-15/h4-9,11,16,30-32,35H,1,10,12H2,2-3H3/t16-/m0/s1. The molecule has 0 bridgehead atoms. The van der Waals surface area contributed by atoms with E-state index in [0.717, 1.165) is 17.7 Å². The van der Waals surface area contributed by atoms with Crippen molar-refractivity contribution < 1.29 is 43.8 Å². The van der Waals surface area contributed by atoms with Crippen LogP contribution < -0.4 is 19.6 Å². The highest BCUT2D eigenvalue weighted by Crippen LogP contribution is 2.48. The number of phenolic OH excluding ortho intramolecular Hbond substituents is 3. The van der Waals surface area contributed by atoms with Crippen molar-refractivity contribution in [3.05, 3.63) is 76.0 Å². The van der Waals surface area contributed by atoms with Crippen LogP contribution in [0, 0.1) is 0 Å². The van der Waals surface area contributed by atoms with Crippen molar-refractivity contribution in [3.63, 3.8) is 0 Å². The first kappa shape index (κ1) is 25.5. The summed E-state index contributed by atoms with van der Waals surface area (Å²) in [6.07, 6.45) is -0.126. The number of hydrogen-bond acceptors (Lipinski definition) is 10. The van der Waals surface area contributed by atoms with Crippen LogP contribution in [-0.2, 0) is 4.79 Å². The molecule has 0 radical (unpaired) electrons. The number of carbonyl (C=O) groups excluding carboxylic acids is 1. The first-order chi connectivity index (χ1) is 18.6. The highest BCUT2D eigenvalue weighted by Gasteiger charge is 2.35. The van der Waals surface area contributed by atoms with E-state index >= 15 is 0 Å². The average molecular weight is 533 g/mol. The molecule has 1 aliphatic rings. The third-order valence-electron chi connectivity index (χ3n) is 6.37. The number of rotatable bonds is 6. The first-order valence-corrected chi connectivity index (χ1v) is 11.8. The zero-order valence-electron chi connectivity index (χ0n) is 21.0. The van der Waals surface area contributed by atoms with E-state index in [9.17, 15) is 30.0 Å². The molecule has 10 nitrogen and oxygen atoms in total. The van der Waals surface area contributed by atoms with E-state index in [0.29, 0.717) is 22.6 Å². The molecular formula is C29H24O10. The zero-order chi connectivity index (χ0) is 28.0. The van der Waals surface area contributed by atoms with Crippen molar-refractivity contribution in [2.24, 2.45) is 0 Å². The van der Waals surface area contributed by atoms with Gasteiger partial charge in [0, 0.05) is 23.1 Å². The van der Waals surface area contributed by atoms with Crippen molar-refractivity contribution >= 4 is 16.9 Å². The van der Waals surface area contributed by atoms with Gasteiger partial charge in [0.05, 0.1) is 13.5 Å². The molecule has 0 fully saturated rings. The van der Waals surface area contributed by atoms with Crippen LogP contribution in [0.1, 0.15) is 30.4 Å². The molecule has 2 heterocycles. The highest BCUT2D eigenvalue weighted by atomic mass is 16.5. The Kier molecular flexibility index (Phi) is 6.31. The van der Waals surface area contributed by atoms with Crippen LogP contribution in [0.4, 0.5) is 0 Å². The first-order valence-electron chi connectivity index (χ1n) is 11.8. The van der Waals surface area contributed by atoms with E-state index in [-0.39, 0.29) is 41.1 Å². The number of aromatic hydroxyl groups is 4. The van der Waals surface area contributed by atoms with Crippen LogP contribution in [-0.4, -0.2) is 40.1 Å². The minimum absolute atomic E-state index is 0.0187. The summed E-state index contributed by atoms with van der Waals surface area (Å²) in [5.74, 6) is -3.02. The Hall–Kier alpha value is -5.12. The lowest BCUT2D eigenvalue weighted by Gasteiger charge is -2.26. The minimum atomic E-state index is -0.935. The minimum Gasteiger partial charge on any atom is -0.507 e. The predicted octanol–water partition coefficient (Wildman–Crippen LogP) is 4.69. The summed E-state index contributed by atoms with van der Waals surface area (Å²) in [6.45, 7) is 5.88. The van der Waals surface area contributed by atoms with Crippen LogP contribution in [0.2, 0.25) is 0 Å². The number of methoxy groups -OCH3 is 1. The van der Waals surface area contributed by atoms with Crippen LogP contribution in [0.5, 0.6) is 40.2 Å². The molecule has 5 rings (SSSR count). The summed E-state index contributed by atoms with van der Waals surface area (Å²) in [5.41, 5.74) is 0.716. The van der Waals surface area contributed by atoms with Gasteiger partial charge in [-0.3, -0.25) is 9.59 Å². The topological polar surface area (TPSA) is 156 Å². The van der Waals surface area contributed by atoms with Gasteiger partial charge in [0.1, 0.15) is 29.1 Å². The number of hydrogen-bond donors (Lipinski definition) is 4. The number of fused-ring (bicyclic) bond motifs is 3. The predicted molar refractivity (Wildman–Crippen MR) is 140 cm³/mol. The molecule has 3 aromatic carbocycles. The largest absolute Gasteiger partial charge is 0.507 e. The summed E-state index contributed by atoms with van der Waals surface area (Å²) in [4.78, 5) is 25.8. The van der Waals surface area contributed by atoms with Gasteiger partial charge in [-0.1, -0.05) is 12.6 Å². The normalized spacial score (nSPS) is 14.5. The molecule has 0 unspecified atom stereocenters. The number of carbonyl (C=O) groups is 1. The lowest BCUT2D eigenvalue weighted by Crippen LogP contribution is -2.22. The molecule has 4 N–H and O–H groups in total. The Bertz CT molecular complexity index is 1720. The van der Waals surface area contributed by atoms with Gasteiger partial charge in [-0.25, -0.2) is 0 Å². The van der Waals surface area contributed by atoms with Crippen LogP contribution >= 0.6 is 0 Å². The zero-order valence-corrected chi connectivity index (χ0v) is 21.0. The van der Waals surface area contributed by atoms with E-state index < -0.39 is 40.3 Å². The summed E-state index contributed by atoms with van der Waals surface area (Å²) in [6, 6.07) is 9.85. The molecule has 0 saturated heterocycles. The summed E-state index contributed by atoms with van der Waals surface area (Å²) >= 11 is 0. The Morgan fingerprint density at radius 2 is 1.77 bits per heavy atom. The van der Waals surface area contributed by atoms with Crippen LogP contribution in [0.25, 0.3) is 22.3 Å². The van der Waals surface area contributed by atoms with Gasteiger partial charge in [-0.2, -0.15) is 0 Å². The van der Waals surface area contributed by atoms with E-state index in [1.54, 1.807) is 18.2 Å². The maximum atomic E-state index is 13.2. The molecule has 4 aromatic rings. The maximum Gasteiger partial charge on any atom is 0.312 e. The number of phenols is 3. The van der Waals surface area contributed by atoms with E-state index in [4.69, 9.17) is 18.6 Å². The van der Waals surface area contributed by atoms with E-state index in [1.807, 2.05) is 6.92 Å². The van der Waals surface area contributed by atoms with Crippen molar-refractivity contribution in [3.8, 4) is 51.6 Å². The molecule has 0 saturated carbocycles. The number of ether oxygens (including phenoxy) is 3. The second kappa shape index (κ2) is 9.64. The summed E-state index contributed by atoms with van der Waals surface area (Å²) in [7, 11) is 1.50. The molecule has 0 aliphatic carbocycles. The molecule has 0 spiro atoms. The summed E-state index contributed by atoms with van der Waals surface area (Å²) in [5, 5.41) is 40.7. The average Bonchev–Trinajstić information content (AvgIpc) is 2.90. The lowest BCUT2D eigenvalue weighted by atomic mass is 9.85. The van der Waals surface area contributed by atoms with Gasteiger partial charge in [-0.15, -0.1) is 0 Å². The molecule has 1 atom stereocenters. The van der Waals surface area contributed by atoms with Crippen molar-refractivity contribution in [1.82, 2.24) is 0 Å². The van der Waals surface area contributed by atoms with Gasteiger partial charge in [0.25, 0.3) is 0 Å². The lowest BCUT2D eigenvalue weighted by molar-refractivity contribution is -0.135. The molecule has 10 heteroatoms. The molecule has 1 aromatic heterocycles. The van der Waals surface area contributed by atoms with Crippen molar-refractivity contribution in [2.45, 2.75) is 19.3 Å². The van der Waals surface area contributed by atoms with Gasteiger partial charge >= 0.3 is 5.97 Å². The van der Waals surface area contributed by atoms with Gasteiger partial charge in [0.15, 0.2) is 28.8 Å². The van der Waals surface area contributed by atoms with Crippen molar-refractivity contribution in [2.75, 3.05) is 13.7 Å². The smallest absolute Gasteiger partial charge is 0.312 e. The van der Waals surface area contributed by atoms with Gasteiger partial charge in [-0.05, 0) is 48.4 Å². The Morgan fingerprint density at radius 3 is 2.46 bits per heavy atom. The fourth-order valence-corrected chi connectivity index (χ4v) is 4.55. The van der Waals surface area contributed by atoms with Gasteiger partial charge in [0.2, 0.25) is 11.2 Å².